The predicted octanol–water partition coefficient (Wildman–Crippen LogP) is 2.54. The van der Waals surface area contributed by atoms with E-state index in [9.17, 15) is 4.79 Å². The molecule has 0 unspecified atom stereocenters. The van der Waals surface area contributed by atoms with Gasteiger partial charge in [-0.25, -0.2) is 9.78 Å². The van der Waals surface area contributed by atoms with Crippen molar-refractivity contribution in [2.75, 3.05) is 0 Å². The minimum absolute atomic E-state index is 0.0829. The van der Waals surface area contributed by atoms with Crippen LogP contribution in [-0.4, -0.2) is 16.1 Å². The molecule has 1 heterocycles. The van der Waals surface area contributed by atoms with Gasteiger partial charge < -0.3 is 5.11 Å². The van der Waals surface area contributed by atoms with Crippen LogP contribution in [0.4, 0.5) is 0 Å². The number of nitrogens with zero attached hydrogens (tertiary/aromatic N) is 1. The lowest BCUT2D eigenvalue weighted by Gasteiger charge is -1.99. The third-order valence-electron chi connectivity index (χ3n) is 1.90. The van der Waals surface area contributed by atoms with E-state index in [1.54, 1.807) is 12.3 Å². The van der Waals surface area contributed by atoms with Gasteiger partial charge in [-0.05, 0) is 46.2 Å². The summed E-state index contributed by atoms with van der Waals surface area (Å²) in [6, 6.07) is 7.41. The van der Waals surface area contributed by atoms with E-state index in [4.69, 9.17) is 5.11 Å². The van der Waals surface area contributed by atoms with Crippen molar-refractivity contribution in [3.8, 4) is 0 Å². The second-order valence-corrected chi connectivity index (χ2v) is 4.11. The van der Waals surface area contributed by atoms with Crippen molar-refractivity contribution in [1.82, 2.24) is 4.98 Å². The van der Waals surface area contributed by atoms with Gasteiger partial charge in [0.2, 0.25) is 0 Å². The molecule has 70 valence electrons. The van der Waals surface area contributed by atoms with E-state index in [0.717, 1.165) is 14.3 Å². The lowest BCUT2D eigenvalue weighted by Crippen LogP contribution is -1.99. The number of benzene rings is 1. The minimum Gasteiger partial charge on any atom is -0.477 e. The topological polar surface area (TPSA) is 50.2 Å². The Bertz CT molecular complexity index is 510. The quantitative estimate of drug-likeness (QED) is 0.823. The third kappa shape index (κ3) is 1.70. The lowest BCUT2D eigenvalue weighted by molar-refractivity contribution is 0.0691. The van der Waals surface area contributed by atoms with E-state index in [-0.39, 0.29) is 5.69 Å². The van der Waals surface area contributed by atoms with Gasteiger partial charge in [-0.2, -0.15) is 0 Å². The Kier molecular flexibility index (Phi) is 2.37. The second-order valence-electron chi connectivity index (χ2n) is 2.87. The summed E-state index contributed by atoms with van der Waals surface area (Å²) >= 11 is 2.19. The van der Waals surface area contributed by atoms with Crippen molar-refractivity contribution in [3.05, 3.63) is 39.7 Å². The predicted molar refractivity (Wildman–Crippen MR) is 61.4 cm³/mol. The molecule has 2 rings (SSSR count). The van der Waals surface area contributed by atoms with E-state index in [2.05, 4.69) is 27.6 Å². The molecule has 0 spiro atoms. The van der Waals surface area contributed by atoms with E-state index in [1.165, 1.54) is 0 Å². The van der Waals surface area contributed by atoms with Crippen molar-refractivity contribution >= 4 is 39.3 Å². The molecule has 0 atom stereocenters. The summed E-state index contributed by atoms with van der Waals surface area (Å²) in [5.74, 6) is -0.995. The highest BCUT2D eigenvalue weighted by Gasteiger charge is 2.04. The molecule has 3 nitrogen and oxygen atoms in total. The molecule has 1 N–H and O–H groups in total. The van der Waals surface area contributed by atoms with Crippen molar-refractivity contribution < 1.29 is 9.90 Å². The first-order valence-electron chi connectivity index (χ1n) is 3.95. The standard InChI is InChI=1S/C10H6INO2/c11-8-2-1-6-5-12-9(10(13)14)4-7(6)3-8/h1-5H,(H,13,14). The fourth-order valence-electron chi connectivity index (χ4n) is 1.23. The number of aromatic nitrogens is 1. The average Bonchev–Trinajstić information content (AvgIpc) is 2.16. The molecule has 1 aromatic carbocycles. The summed E-state index contributed by atoms with van der Waals surface area (Å²) in [5.41, 5.74) is 0.0829. The van der Waals surface area contributed by atoms with Crippen LogP contribution in [0.2, 0.25) is 0 Å². The number of carboxylic acids is 1. The fraction of sp³-hybridized carbons (Fsp3) is 0. The second kappa shape index (κ2) is 3.53. The molecule has 0 saturated carbocycles. The minimum atomic E-state index is -0.995. The van der Waals surface area contributed by atoms with Gasteiger partial charge in [0.25, 0.3) is 0 Å². The smallest absolute Gasteiger partial charge is 0.354 e. The number of fused-ring (bicyclic) bond motifs is 1. The molecule has 0 radical (unpaired) electrons. The molecule has 0 aliphatic carbocycles. The summed E-state index contributed by atoms with van der Waals surface area (Å²) in [6.45, 7) is 0. The largest absolute Gasteiger partial charge is 0.477 e. The van der Waals surface area contributed by atoms with Crippen molar-refractivity contribution in [2.45, 2.75) is 0 Å². The van der Waals surface area contributed by atoms with Gasteiger partial charge in [0.1, 0.15) is 5.69 Å². The van der Waals surface area contributed by atoms with E-state index in [1.807, 2.05) is 18.2 Å². The lowest BCUT2D eigenvalue weighted by atomic mass is 10.1. The number of hydrogen-bond donors (Lipinski definition) is 1. The summed E-state index contributed by atoms with van der Waals surface area (Å²) < 4.78 is 1.08. The summed E-state index contributed by atoms with van der Waals surface area (Å²) in [5, 5.41) is 10.6. The summed E-state index contributed by atoms with van der Waals surface area (Å²) in [4.78, 5) is 14.5. The molecule has 2 aromatic rings. The van der Waals surface area contributed by atoms with Crippen LogP contribution < -0.4 is 0 Å². The van der Waals surface area contributed by atoms with E-state index >= 15 is 0 Å². The highest BCUT2D eigenvalue weighted by molar-refractivity contribution is 14.1. The normalized spacial score (nSPS) is 10.4. The third-order valence-corrected chi connectivity index (χ3v) is 2.57. The molecular weight excluding hydrogens is 293 g/mol. The average molecular weight is 299 g/mol. The molecule has 0 bridgehead atoms. The number of aromatic carboxylic acids is 1. The summed E-state index contributed by atoms with van der Waals surface area (Å²) in [7, 11) is 0. The van der Waals surface area contributed by atoms with Crippen LogP contribution in [0.15, 0.2) is 30.5 Å². The van der Waals surface area contributed by atoms with Crippen LogP contribution in [0.25, 0.3) is 10.8 Å². The maximum Gasteiger partial charge on any atom is 0.354 e. The van der Waals surface area contributed by atoms with Gasteiger partial charge in [-0.1, -0.05) is 6.07 Å². The Labute approximate surface area is 93.9 Å². The van der Waals surface area contributed by atoms with Crippen molar-refractivity contribution in [3.63, 3.8) is 0 Å². The van der Waals surface area contributed by atoms with Crippen molar-refractivity contribution in [2.24, 2.45) is 0 Å². The van der Waals surface area contributed by atoms with Gasteiger partial charge in [-0.3, -0.25) is 0 Å². The zero-order chi connectivity index (χ0) is 10.1. The maximum absolute atomic E-state index is 10.7. The number of hydrogen-bond acceptors (Lipinski definition) is 2. The van der Waals surface area contributed by atoms with Crippen LogP contribution in [0.5, 0.6) is 0 Å². The Balaban J connectivity index is 2.69. The number of carboxylic acid groups (broad SMARTS) is 1. The monoisotopic (exact) mass is 299 g/mol. The maximum atomic E-state index is 10.7. The van der Waals surface area contributed by atoms with E-state index in [0.29, 0.717) is 0 Å². The highest BCUT2D eigenvalue weighted by Crippen LogP contribution is 2.17. The molecule has 0 amide bonds. The molecule has 1 aromatic heterocycles. The zero-order valence-electron chi connectivity index (χ0n) is 7.07. The van der Waals surface area contributed by atoms with Crippen LogP contribution in [0.3, 0.4) is 0 Å². The molecule has 0 aliphatic heterocycles. The van der Waals surface area contributed by atoms with Crippen LogP contribution in [0.1, 0.15) is 10.5 Å². The fourth-order valence-corrected chi connectivity index (χ4v) is 1.74. The van der Waals surface area contributed by atoms with Crippen LogP contribution >= 0.6 is 22.6 Å². The highest BCUT2D eigenvalue weighted by atomic mass is 127. The molecule has 0 saturated heterocycles. The molecular formula is C10H6INO2. The molecule has 0 aliphatic rings. The van der Waals surface area contributed by atoms with E-state index < -0.39 is 5.97 Å². The molecule has 14 heavy (non-hydrogen) atoms. The number of rotatable bonds is 1. The van der Waals surface area contributed by atoms with Crippen LogP contribution in [-0.2, 0) is 0 Å². The Morgan fingerprint density at radius 2 is 2.07 bits per heavy atom. The summed E-state index contributed by atoms with van der Waals surface area (Å²) in [6.07, 6.45) is 1.58. The number of pyridine rings is 1. The number of halogens is 1. The van der Waals surface area contributed by atoms with Gasteiger partial charge in [0.05, 0.1) is 0 Å². The molecule has 0 fully saturated rings. The van der Waals surface area contributed by atoms with Gasteiger partial charge in [0.15, 0.2) is 0 Å². The number of carbonyl (C=O) groups is 1. The Morgan fingerprint density at radius 3 is 2.79 bits per heavy atom. The van der Waals surface area contributed by atoms with Gasteiger partial charge in [-0.15, -0.1) is 0 Å². The Hall–Kier alpha value is -1.17. The first kappa shape index (κ1) is 9.39. The first-order chi connectivity index (χ1) is 6.66. The van der Waals surface area contributed by atoms with Gasteiger partial charge >= 0.3 is 5.97 Å². The van der Waals surface area contributed by atoms with Crippen molar-refractivity contribution in [1.29, 1.82) is 0 Å². The van der Waals surface area contributed by atoms with Gasteiger partial charge in [0, 0.05) is 15.2 Å². The van der Waals surface area contributed by atoms with Crippen LogP contribution in [0, 0.1) is 3.57 Å². The zero-order valence-corrected chi connectivity index (χ0v) is 9.22. The Morgan fingerprint density at radius 1 is 1.29 bits per heavy atom. The molecule has 4 heteroatoms. The SMILES string of the molecule is O=C(O)c1cc2cc(I)ccc2cn1. The first-order valence-corrected chi connectivity index (χ1v) is 5.03.